The van der Waals surface area contributed by atoms with Crippen LogP contribution in [-0.4, -0.2) is 53.6 Å². The van der Waals surface area contributed by atoms with Crippen molar-refractivity contribution in [2.75, 3.05) is 19.6 Å². The van der Waals surface area contributed by atoms with Gasteiger partial charge in [-0.1, -0.05) is 19.8 Å². The number of amides is 1. The van der Waals surface area contributed by atoms with E-state index in [0.29, 0.717) is 6.04 Å². The number of hydrogen-bond donors (Lipinski definition) is 1. The lowest BCUT2D eigenvalue weighted by molar-refractivity contribution is -0.132. The third kappa shape index (κ3) is 3.48. The number of nitrogens with zero attached hydrogens (tertiary/aromatic N) is 2. The SMILES string of the molecule is CCCC1NC(C)C(=O)N1C(C)CN1CCCCC1. The van der Waals surface area contributed by atoms with Gasteiger partial charge in [-0.25, -0.2) is 0 Å². The molecule has 2 rings (SSSR count). The molecule has 0 spiro atoms. The van der Waals surface area contributed by atoms with Gasteiger partial charge in [-0.05, 0) is 46.2 Å². The smallest absolute Gasteiger partial charge is 0.241 e. The molecule has 0 aromatic rings. The number of carbonyl (C=O) groups is 1. The van der Waals surface area contributed by atoms with E-state index in [1.54, 1.807) is 0 Å². The lowest BCUT2D eigenvalue weighted by Crippen LogP contribution is -2.49. The first kappa shape index (κ1) is 14.8. The highest BCUT2D eigenvalue weighted by atomic mass is 16.2. The van der Waals surface area contributed by atoms with Crippen LogP contribution >= 0.6 is 0 Å². The summed E-state index contributed by atoms with van der Waals surface area (Å²) in [4.78, 5) is 16.9. The van der Waals surface area contributed by atoms with Crippen molar-refractivity contribution in [3.63, 3.8) is 0 Å². The van der Waals surface area contributed by atoms with E-state index in [0.717, 1.165) is 19.4 Å². The molecule has 2 aliphatic heterocycles. The minimum Gasteiger partial charge on any atom is -0.322 e. The van der Waals surface area contributed by atoms with E-state index in [4.69, 9.17) is 0 Å². The van der Waals surface area contributed by atoms with Gasteiger partial charge >= 0.3 is 0 Å². The van der Waals surface area contributed by atoms with Crippen LogP contribution in [0.4, 0.5) is 0 Å². The lowest BCUT2D eigenvalue weighted by Gasteiger charge is -2.35. The van der Waals surface area contributed by atoms with Gasteiger partial charge in [0.05, 0.1) is 12.2 Å². The van der Waals surface area contributed by atoms with Crippen LogP contribution in [0.15, 0.2) is 0 Å². The quantitative estimate of drug-likeness (QED) is 0.825. The van der Waals surface area contributed by atoms with Crippen molar-refractivity contribution in [1.29, 1.82) is 0 Å². The molecule has 110 valence electrons. The summed E-state index contributed by atoms with van der Waals surface area (Å²) >= 11 is 0. The van der Waals surface area contributed by atoms with E-state index >= 15 is 0 Å². The average molecular weight is 267 g/mol. The van der Waals surface area contributed by atoms with Gasteiger partial charge in [0.15, 0.2) is 0 Å². The Morgan fingerprint density at radius 1 is 1.32 bits per heavy atom. The Hall–Kier alpha value is -0.610. The summed E-state index contributed by atoms with van der Waals surface area (Å²) in [5.41, 5.74) is 0. The molecule has 2 heterocycles. The number of nitrogens with one attached hydrogen (secondary N) is 1. The van der Waals surface area contributed by atoms with Crippen molar-refractivity contribution < 1.29 is 4.79 Å². The Bertz CT molecular complexity index is 302. The minimum atomic E-state index is -0.0136. The Morgan fingerprint density at radius 2 is 2.00 bits per heavy atom. The second kappa shape index (κ2) is 6.71. The minimum absolute atomic E-state index is 0.0136. The molecule has 3 atom stereocenters. The van der Waals surface area contributed by atoms with Gasteiger partial charge in [0, 0.05) is 12.6 Å². The molecule has 2 saturated heterocycles. The number of piperidine rings is 1. The van der Waals surface area contributed by atoms with Crippen molar-refractivity contribution in [1.82, 2.24) is 15.1 Å². The summed E-state index contributed by atoms with van der Waals surface area (Å²) in [6.45, 7) is 9.80. The third-order valence-corrected chi connectivity index (χ3v) is 4.41. The molecule has 4 nitrogen and oxygen atoms in total. The molecular weight excluding hydrogens is 238 g/mol. The van der Waals surface area contributed by atoms with Gasteiger partial charge in [0.2, 0.25) is 5.91 Å². The summed E-state index contributed by atoms with van der Waals surface area (Å²) in [6, 6.07) is 0.306. The maximum atomic E-state index is 12.3. The molecule has 1 amide bonds. The largest absolute Gasteiger partial charge is 0.322 e. The number of hydrogen-bond acceptors (Lipinski definition) is 3. The lowest BCUT2D eigenvalue weighted by atomic mass is 10.1. The van der Waals surface area contributed by atoms with E-state index in [1.165, 1.54) is 32.4 Å². The van der Waals surface area contributed by atoms with Gasteiger partial charge < -0.3 is 9.80 Å². The zero-order valence-electron chi connectivity index (χ0n) is 12.7. The van der Waals surface area contributed by atoms with Crippen LogP contribution in [0.5, 0.6) is 0 Å². The molecule has 0 bridgehead atoms. The first-order valence-electron chi connectivity index (χ1n) is 7.94. The van der Waals surface area contributed by atoms with Crippen LogP contribution < -0.4 is 5.32 Å². The zero-order valence-corrected chi connectivity index (χ0v) is 12.7. The highest BCUT2D eigenvalue weighted by Crippen LogP contribution is 2.20. The fourth-order valence-corrected chi connectivity index (χ4v) is 3.44. The van der Waals surface area contributed by atoms with Gasteiger partial charge in [-0.3, -0.25) is 10.1 Å². The normalized spacial score (nSPS) is 30.9. The van der Waals surface area contributed by atoms with Gasteiger partial charge in [-0.15, -0.1) is 0 Å². The monoisotopic (exact) mass is 267 g/mol. The standard InChI is InChI=1S/C15H29N3O/c1-4-8-14-16-13(3)15(19)18(14)12(2)11-17-9-6-5-7-10-17/h12-14,16H,4-11H2,1-3H3. The Kier molecular flexibility index (Phi) is 5.22. The van der Waals surface area contributed by atoms with Crippen LogP contribution in [0, 0.1) is 0 Å². The third-order valence-electron chi connectivity index (χ3n) is 4.41. The molecule has 4 heteroatoms. The first-order valence-corrected chi connectivity index (χ1v) is 7.94. The van der Waals surface area contributed by atoms with E-state index in [-0.39, 0.29) is 18.1 Å². The fourth-order valence-electron chi connectivity index (χ4n) is 3.44. The van der Waals surface area contributed by atoms with E-state index < -0.39 is 0 Å². The molecule has 0 aromatic heterocycles. The molecule has 0 saturated carbocycles. The Balaban J connectivity index is 1.94. The molecule has 0 aliphatic carbocycles. The molecule has 19 heavy (non-hydrogen) atoms. The molecular formula is C15H29N3O. The van der Waals surface area contributed by atoms with Gasteiger partial charge in [-0.2, -0.15) is 0 Å². The van der Waals surface area contributed by atoms with Crippen molar-refractivity contribution >= 4 is 5.91 Å². The van der Waals surface area contributed by atoms with Crippen molar-refractivity contribution in [3.8, 4) is 0 Å². The number of rotatable bonds is 5. The van der Waals surface area contributed by atoms with Crippen LogP contribution in [0.1, 0.15) is 52.9 Å². The summed E-state index contributed by atoms with van der Waals surface area (Å²) in [5, 5.41) is 3.43. The molecule has 2 fully saturated rings. The predicted molar refractivity (Wildman–Crippen MR) is 77.9 cm³/mol. The zero-order chi connectivity index (χ0) is 13.8. The summed E-state index contributed by atoms with van der Waals surface area (Å²) in [6.07, 6.45) is 6.41. The van der Waals surface area contributed by atoms with Crippen LogP contribution in [0.25, 0.3) is 0 Å². The predicted octanol–water partition coefficient (Wildman–Crippen LogP) is 1.81. The summed E-state index contributed by atoms with van der Waals surface area (Å²) < 4.78 is 0. The summed E-state index contributed by atoms with van der Waals surface area (Å²) in [7, 11) is 0. The summed E-state index contributed by atoms with van der Waals surface area (Å²) in [5.74, 6) is 0.281. The molecule has 0 aromatic carbocycles. The Morgan fingerprint density at radius 3 is 2.63 bits per heavy atom. The highest BCUT2D eigenvalue weighted by Gasteiger charge is 2.38. The van der Waals surface area contributed by atoms with E-state index in [1.807, 2.05) is 6.92 Å². The molecule has 3 unspecified atom stereocenters. The number of carbonyl (C=O) groups excluding carboxylic acids is 1. The first-order chi connectivity index (χ1) is 9.13. The maximum Gasteiger partial charge on any atom is 0.241 e. The highest BCUT2D eigenvalue weighted by molar-refractivity contribution is 5.84. The Labute approximate surface area is 117 Å². The van der Waals surface area contributed by atoms with Crippen LogP contribution in [0.2, 0.25) is 0 Å². The van der Waals surface area contributed by atoms with Crippen molar-refractivity contribution in [2.24, 2.45) is 0 Å². The number of likely N-dealkylation sites (tertiary alicyclic amines) is 1. The fraction of sp³-hybridized carbons (Fsp3) is 0.933. The molecule has 0 radical (unpaired) electrons. The van der Waals surface area contributed by atoms with E-state index in [9.17, 15) is 4.79 Å². The second-order valence-corrected chi connectivity index (χ2v) is 6.15. The van der Waals surface area contributed by atoms with Crippen LogP contribution in [-0.2, 0) is 4.79 Å². The average Bonchev–Trinajstić information content (AvgIpc) is 2.66. The second-order valence-electron chi connectivity index (χ2n) is 6.15. The molecule has 2 aliphatic rings. The van der Waals surface area contributed by atoms with Gasteiger partial charge in [0.1, 0.15) is 0 Å². The van der Waals surface area contributed by atoms with Gasteiger partial charge in [0.25, 0.3) is 0 Å². The van der Waals surface area contributed by atoms with Crippen molar-refractivity contribution in [3.05, 3.63) is 0 Å². The maximum absolute atomic E-state index is 12.3. The topological polar surface area (TPSA) is 35.6 Å². The van der Waals surface area contributed by atoms with Crippen LogP contribution in [0.3, 0.4) is 0 Å². The van der Waals surface area contributed by atoms with Crippen molar-refractivity contribution in [2.45, 2.75) is 71.1 Å². The molecule has 1 N–H and O–H groups in total. The van der Waals surface area contributed by atoms with E-state index in [2.05, 4.69) is 29.0 Å².